The summed E-state index contributed by atoms with van der Waals surface area (Å²) in [6.45, 7) is 2.25. The molecule has 0 unspecified atom stereocenters. The number of imidazole rings is 1. The Morgan fingerprint density at radius 1 is 1.27 bits per heavy atom. The Morgan fingerprint density at radius 2 is 2.04 bits per heavy atom. The largest absolute Gasteiger partial charge is 0.496 e. The molecule has 0 aliphatic heterocycles. The second kappa shape index (κ2) is 6.59. The summed E-state index contributed by atoms with van der Waals surface area (Å²) in [4.78, 5) is 31.3. The summed E-state index contributed by atoms with van der Waals surface area (Å²) < 4.78 is 7.30. The Balaban J connectivity index is 1.92. The van der Waals surface area contributed by atoms with Crippen molar-refractivity contribution in [1.82, 2.24) is 14.4 Å². The van der Waals surface area contributed by atoms with Crippen molar-refractivity contribution in [2.24, 2.45) is 5.92 Å². The van der Waals surface area contributed by atoms with Crippen LogP contribution in [0.5, 0.6) is 5.75 Å². The first-order chi connectivity index (χ1) is 12.7. The van der Waals surface area contributed by atoms with E-state index in [1.54, 1.807) is 12.3 Å². The lowest BCUT2D eigenvalue weighted by Gasteiger charge is -2.27. The number of carbonyl (C=O) groups excluding carboxylic acids is 1. The van der Waals surface area contributed by atoms with Gasteiger partial charge in [-0.1, -0.05) is 13.3 Å². The zero-order valence-electron chi connectivity index (χ0n) is 15.1. The smallest absolute Gasteiger partial charge is 0.274 e. The predicted octanol–water partition coefficient (Wildman–Crippen LogP) is 3.68. The van der Waals surface area contributed by atoms with Crippen LogP contribution in [0.4, 0.5) is 0 Å². The molecular weight excluding hydrogens is 330 g/mol. The summed E-state index contributed by atoms with van der Waals surface area (Å²) in [5.41, 5.74) is 2.19. The second-order valence-corrected chi connectivity index (χ2v) is 7.15. The van der Waals surface area contributed by atoms with E-state index in [2.05, 4.69) is 16.9 Å². The van der Waals surface area contributed by atoms with E-state index in [1.165, 1.54) is 26.4 Å². The molecule has 1 aliphatic rings. The van der Waals surface area contributed by atoms with Gasteiger partial charge in [-0.2, -0.15) is 0 Å². The van der Waals surface area contributed by atoms with Crippen LogP contribution in [0.1, 0.15) is 61.1 Å². The molecule has 0 bridgehead atoms. The van der Waals surface area contributed by atoms with E-state index < -0.39 is 0 Å². The van der Waals surface area contributed by atoms with Crippen molar-refractivity contribution < 1.29 is 9.53 Å². The third kappa shape index (κ3) is 2.60. The Morgan fingerprint density at radius 3 is 2.69 bits per heavy atom. The first kappa shape index (κ1) is 16.8. The molecule has 2 aromatic heterocycles. The fourth-order valence-corrected chi connectivity index (χ4v) is 4.22. The number of nitrogens with one attached hydrogen (secondary N) is 1. The molecule has 1 N–H and O–H groups in total. The number of benzene rings is 1. The van der Waals surface area contributed by atoms with Crippen LogP contribution in [0, 0.1) is 5.92 Å². The lowest BCUT2D eigenvalue weighted by molar-refractivity contribution is 0.112. The Hall–Kier alpha value is -2.63. The summed E-state index contributed by atoms with van der Waals surface area (Å²) in [6, 6.07) is 3.48. The van der Waals surface area contributed by atoms with Crippen LogP contribution < -0.4 is 10.3 Å². The molecule has 0 amide bonds. The predicted molar refractivity (Wildman–Crippen MR) is 100 cm³/mol. The van der Waals surface area contributed by atoms with E-state index in [0.29, 0.717) is 28.3 Å². The number of rotatable bonds is 4. The van der Waals surface area contributed by atoms with Crippen LogP contribution in [0.3, 0.4) is 0 Å². The number of H-pyrrole nitrogens is 1. The molecule has 0 spiro atoms. The van der Waals surface area contributed by atoms with Gasteiger partial charge in [0, 0.05) is 12.0 Å². The van der Waals surface area contributed by atoms with Gasteiger partial charge in [0.15, 0.2) is 6.29 Å². The standard InChI is InChI=1S/C20H23N3O3/c1-3-12-4-6-13(7-5-12)19-21-10-17-20(25)22-15-8-14(11-24)18(26-2)9-16(15)23(17)19/h8-13H,3-7H2,1-2H3,(H,22,25). The SMILES string of the molecule is CCC1CCC(c2ncc3c(=O)[nH]c4cc(C=O)c(OC)cc4n23)CC1. The highest BCUT2D eigenvalue weighted by atomic mass is 16.5. The maximum absolute atomic E-state index is 12.5. The molecule has 1 aromatic carbocycles. The number of fused-ring (bicyclic) bond motifs is 3. The van der Waals surface area contributed by atoms with E-state index in [1.807, 2.05) is 10.5 Å². The molecular formula is C20H23N3O3. The number of aromatic amines is 1. The Labute approximate surface area is 151 Å². The molecule has 6 nitrogen and oxygen atoms in total. The van der Waals surface area contributed by atoms with Gasteiger partial charge in [-0.15, -0.1) is 0 Å². The van der Waals surface area contributed by atoms with Crippen molar-refractivity contribution >= 4 is 22.8 Å². The van der Waals surface area contributed by atoms with Crippen molar-refractivity contribution in [2.45, 2.75) is 44.9 Å². The van der Waals surface area contributed by atoms with Crippen LogP contribution >= 0.6 is 0 Å². The lowest BCUT2D eigenvalue weighted by Crippen LogP contribution is -2.17. The summed E-state index contributed by atoms with van der Waals surface area (Å²) in [6.07, 6.45) is 8.21. The molecule has 136 valence electrons. The van der Waals surface area contributed by atoms with Gasteiger partial charge >= 0.3 is 0 Å². The highest BCUT2D eigenvalue weighted by Crippen LogP contribution is 2.37. The number of methoxy groups -OCH3 is 1. The topological polar surface area (TPSA) is 76.5 Å². The average Bonchev–Trinajstić information content (AvgIpc) is 3.13. The highest BCUT2D eigenvalue weighted by Gasteiger charge is 2.25. The maximum Gasteiger partial charge on any atom is 0.274 e. The van der Waals surface area contributed by atoms with E-state index >= 15 is 0 Å². The van der Waals surface area contributed by atoms with Crippen molar-refractivity contribution in [3.8, 4) is 5.75 Å². The molecule has 1 fully saturated rings. The minimum Gasteiger partial charge on any atom is -0.496 e. The molecule has 0 radical (unpaired) electrons. The number of ether oxygens (including phenoxy) is 1. The van der Waals surface area contributed by atoms with Crippen LogP contribution in [0.25, 0.3) is 16.6 Å². The van der Waals surface area contributed by atoms with Crippen molar-refractivity contribution in [1.29, 1.82) is 0 Å². The van der Waals surface area contributed by atoms with Crippen molar-refractivity contribution in [3.05, 3.63) is 40.1 Å². The van der Waals surface area contributed by atoms with Gasteiger partial charge in [0.05, 0.1) is 29.9 Å². The summed E-state index contributed by atoms with van der Waals surface area (Å²) in [7, 11) is 1.54. The van der Waals surface area contributed by atoms with Crippen LogP contribution in [0.2, 0.25) is 0 Å². The number of nitrogens with zero attached hydrogens (tertiary/aromatic N) is 2. The van der Waals surface area contributed by atoms with E-state index in [-0.39, 0.29) is 5.56 Å². The van der Waals surface area contributed by atoms with E-state index in [4.69, 9.17) is 4.74 Å². The molecule has 1 saturated carbocycles. The molecule has 6 heteroatoms. The lowest BCUT2D eigenvalue weighted by atomic mass is 9.80. The van der Waals surface area contributed by atoms with Gasteiger partial charge in [-0.05, 0) is 37.7 Å². The average molecular weight is 353 g/mol. The molecule has 2 heterocycles. The van der Waals surface area contributed by atoms with Crippen LogP contribution in [-0.2, 0) is 0 Å². The number of hydrogen-bond acceptors (Lipinski definition) is 4. The summed E-state index contributed by atoms with van der Waals surface area (Å²) in [5, 5.41) is 0. The van der Waals surface area contributed by atoms with Gasteiger partial charge in [-0.25, -0.2) is 4.98 Å². The molecule has 4 rings (SSSR count). The Kier molecular flexibility index (Phi) is 4.26. The zero-order valence-corrected chi connectivity index (χ0v) is 15.1. The van der Waals surface area contributed by atoms with Crippen molar-refractivity contribution in [3.63, 3.8) is 0 Å². The fourth-order valence-electron chi connectivity index (χ4n) is 4.22. The van der Waals surface area contributed by atoms with E-state index in [9.17, 15) is 9.59 Å². The zero-order chi connectivity index (χ0) is 18.3. The van der Waals surface area contributed by atoms with Crippen LogP contribution in [-0.4, -0.2) is 27.8 Å². The first-order valence-corrected chi connectivity index (χ1v) is 9.22. The minimum atomic E-state index is -0.194. The minimum absolute atomic E-state index is 0.194. The van der Waals surface area contributed by atoms with Gasteiger partial charge in [0.2, 0.25) is 0 Å². The van der Waals surface area contributed by atoms with Gasteiger partial charge in [-0.3, -0.25) is 14.0 Å². The molecule has 0 atom stereocenters. The molecule has 0 saturated heterocycles. The second-order valence-electron chi connectivity index (χ2n) is 7.15. The summed E-state index contributed by atoms with van der Waals surface area (Å²) in [5.74, 6) is 2.58. The summed E-state index contributed by atoms with van der Waals surface area (Å²) >= 11 is 0. The molecule has 26 heavy (non-hydrogen) atoms. The quantitative estimate of drug-likeness (QED) is 0.726. The highest BCUT2D eigenvalue weighted by molar-refractivity contribution is 5.89. The van der Waals surface area contributed by atoms with Gasteiger partial charge in [0.25, 0.3) is 5.56 Å². The third-order valence-corrected chi connectivity index (χ3v) is 5.78. The molecule has 1 aliphatic carbocycles. The van der Waals surface area contributed by atoms with Crippen LogP contribution in [0.15, 0.2) is 23.1 Å². The maximum atomic E-state index is 12.5. The number of carbonyl (C=O) groups is 1. The van der Waals surface area contributed by atoms with Crippen molar-refractivity contribution in [2.75, 3.05) is 7.11 Å². The number of aromatic nitrogens is 3. The third-order valence-electron chi connectivity index (χ3n) is 5.78. The Bertz CT molecular complexity index is 1030. The van der Waals surface area contributed by atoms with Gasteiger partial charge in [0.1, 0.15) is 17.1 Å². The van der Waals surface area contributed by atoms with Gasteiger partial charge < -0.3 is 9.72 Å². The van der Waals surface area contributed by atoms with E-state index in [0.717, 1.165) is 36.4 Å². The number of hydrogen-bond donors (Lipinski definition) is 1. The first-order valence-electron chi connectivity index (χ1n) is 9.22. The number of aldehydes is 1. The molecule has 3 aromatic rings. The fraction of sp³-hybridized carbons (Fsp3) is 0.450. The normalized spacial score (nSPS) is 20.5. The monoisotopic (exact) mass is 353 g/mol.